The van der Waals surface area contributed by atoms with E-state index in [4.69, 9.17) is 9.47 Å². The first-order valence-electron chi connectivity index (χ1n) is 5.06. The van der Waals surface area contributed by atoms with E-state index >= 15 is 0 Å². The van der Waals surface area contributed by atoms with Crippen LogP contribution in [0.1, 0.15) is 18.7 Å². The van der Waals surface area contributed by atoms with Crippen molar-refractivity contribution in [3.8, 4) is 0 Å². The standard InChI is InChI=1S/C10H13IN2O3/c1-15-10(2-4-16-5-3-10)9-12-6-7(11)8(14)13-9/h6H,2-5H2,1H3,(H,12,13,14). The van der Waals surface area contributed by atoms with Crippen LogP contribution in [0.2, 0.25) is 0 Å². The van der Waals surface area contributed by atoms with Crippen molar-refractivity contribution in [1.82, 2.24) is 9.97 Å². The molecule has 0 spiro atoms. The molecule has 1 N–H and O–H groups in total. The maximum absolute atomic E-state index is 11.6. The Labute approximate surface area is 107 Å². The van der Waals surface area contributed by atoms with Gasteiger partial charge in [-0.05, 0) is 22.6 Å². The van der Waals surface area contributed by atoms with E-state index in [0.29, 0.717) is 35.4 Å². The van der Waals surface area contributed by atoms with E-state index < -0.39 is 5.60 Å². The summed E-state index contributed by atoms with van der Waals surface area (Å²) in [6, 6.07) is 0. The predicted octanol–water partition coefficient (Wildman–Crippen LogP) is 1.03. The van der Waals surface area contributed by atoms with Gasteiger partial charge in [-0.2, -0.15) is 0 Å². The molecule has 6 heteroatoms. The van der Waals surface area contributed by atoms with E-state index in [-0.39, 0.29) is 5.56 Å². The minimum Gasteiger partial charge on any atom is -0.381 e. The van der Waals surface area contributed by atoms with Crippen LogP contribution < -0.4 is 5.56 Å². The van der Waals surface area contributed by atoms with Crippen molar-refractivity contribution in [2.24, 2.45) is 0 Å². The third-order valence-electron chi connectivity index (χ3n) is 2.88. The Hall–Kier alpha value is -0.470. The van der Waals surface area contributed by atoms with Gasteiger partial charge in [-0.15, -0.1) is 0 Å². The van der Waals surface area contributed by atoms with Crippen molar-refractivity contribution in [3.05, 3.63) is 25.9 Å². The van der Waals surface area contributed by atoms with Crippen molar-refractivity contribution < 1.29 is 9.47 Å². The van der Waals surface area contributed by atoms with Gasteiger partial charge in [-0.1, -0.05) is 0 Å². The second-order valence-electron chi connectivity index (χ2n) is 3.72. The SMILES string of the molecule is COC1(c2ncc(I)c(=O)[nH]2)CCOCC1. The molecule has 0 bridgehead atoms. The second-order valence-corrected chi connectivity index (χ2v) is 4.88. The normalized spacial score (nSPS) is 19.6. The molecule has 1 aliphatic heterocycles. The summed E-state index contributed by atoms with van der Waals surface area (Å²) in [5.41, 5.74) is -0.615. The fourth-order valence-corrected chi connectivity index (χ4v) is 2.12. The van der Waals surface area contributed by atoms with Crippen molar-refractivity contribution in [2.45, 2.75) is 18.4 Å². The molecule has 0 radical (unpaired) electrons. The van der Waals surface area contributed by atoms with Gasteiger partial charge < -0.3 is 14.5 Å². The Morgan fingerprint density at radius 1 is 1.56 bits per heavy atom. The van der Waals surface area contributed by atoms with Crippen LogP contribution in [0.25, 0.3) is 0 Å². The highest BCUT2D eigenvalue weighted by atomic mass is 127. The topological polar surface area (TPSA) is 64.2 Å². The zero-order valence-corrected chi connectivity index (χ0v) is 11.1. The molecule has 0 unspecified atom stereocenters. The van der Waals surface area contributed by atoms with Gasteiger partial charge >= 0.3 is 0 Å². The van der Waals surface area contributed by atoms with Crippen LogP contribution in [-0.2, 0) is 15.1 Å². The number of ether oxygens (including phenoxy) is 2. The lowest BCUT2D eigenvalue weighted by Gasteiger charge is -2.34. The summed E-state index contributed by atoms with van der Waals surface area (Å²) >= 11 is 1.96. The van der Waals surface area contributed by atoms with Gasteiger partial charge in [0.05, 0.1) is 3.57 Å². The number of hydrogen-bond acceptors (Lipinski definition) is 4. The van der Waals surface area contributed by atoms with E-state index in [1.807, 2.05) is 22.6 Å². The molecule has 88 valence electrons. The molecule has 0 aliphatic carbocycles. The van der Waals surface area contributed by atoms with Gasteiger partial charge in [0.2, 0.25) is 0 Å². The summed E-state index contributed by atoms with van der Waals surface area (Å²) in [4.78, 5) is 18.6. The highest BCUT2D eigenvalue weighted by Crippen LogP contribution is 2.32. The molecular formula is C10H13IN2O3. The Morgan fingerprint density at radius 3 is 2.81 bits per heavy atom. The maximum atomic E-state index is 11.6. The maximum Gasteiger partial charge on any atom is 0.264 e. The van der Waals surface area contributed by atoms with Crippen molar-refractivity contribution in [1.29, 1.82) is 0 Å². The van der Waals surface area contributed by atoms with Gasteiger partial charge in [0.25, 0.3) is 5.56 Å². The Balaban J connectivity index is 2.39. The zero-order chi connectivity index (χ0) is 11.6. The largest absolute Gasteiger partial charge is 0.381 e. The molecule has 0 atom stereocenters. The average molecular weight is 336 g/mol. The molecule has 2 rings (SSSR count). The lowest BCUT2D eigenvalue weighted by molar-refractivity contribution is -0.100. The summed E-state index contributed by atoms with van der Waals surface area (Å²) in [6.45, 7) is 1.26. The molecule has 0 saturated carbocycles. The van der Waals surface area contributed by atoms with E-state index in [1.165, 1.54) is 0 Å². The minimum atomic E-state index is -0.498. The summed E-state index contributed by atoms with van der Waals surface area (Å²) in [7, 11) is 1.64. The lowest BCUT2D eigenvalue weighted by Crippen LogP contribution is -2.38. The first kappa shape index (κ1) is 12.0. The quantitative estimate of drug-likeness (QED) is 0.820. The second kappa shape index (κ2) is 4.80. The van der Waals surface area contributed by atoms with Gasteiger partial charge in [0, 0.05) is 39.4 Å². The predicted molar refractivity (Wildman–Crippen MR) is 66.3 cm³/mol. The van der Waals surface area contributed by atoms with Gasteiger partial charge in [0.1, 0.15) is 11.4 Å². The van der Waals surface area contributed by atoms with Gasteiger partial charge in [-0.25, -0.2) is 4.98 Å². The molecule has 1 aromatic rings. The summed E-state index contributed by atoms with van der Waals surface area (Å²) in [5.74, 6) is 0.601. The number of aromatic amines is 1. The molecule has 2 heterocycles. The fraction of sp³-hybridized carbons (Fsp3) is 0.600. The van der Waals surface area contributed by atoms with Gasteiger partial charge in [0.15, 0.2) is 0 Å². The molecule has 1 aliphatic rings. The van der Waals surface area contributed by atoms with Crippen LogP contribution in [0.5, 0.6) is 0 Å². The molecule has 1 aromatic heterocycles. The third kappa shape index (κ3) is 2.14. The van der Waals surface area contributed by atoms with E-state index in [0.717, 1.165) is 0 Å². The Morgan fingerprint density at radius 2 is 2.25 bits per heavy atom. The number of halogens is 1. The number of H-pyrrole nitrogens is 1. The molecular weight excluding hydrogens is 323 g/mol. The summed E-state index contributed by atoms with van der Waals surface area (Å²) in [6.07, 6.45) is 3.00. The number of nitrogens with one attached hydrogen (secondary N) is 1. The minimum absolute atomic E-state index is 0.117. The number of rotatable bonds is 2. The van der Waals surface area contributed by atoms with Gasteiger partial charge in [-0.3, -0.25) is 4.79 Å². The first-order valence-corrected chi connectivity index (χ1v) is 6.14. The van der Waals surface area contributed by atoms with Crippen LogP contribution in [0.3, 0.4) is 0 Å². The van der Waals surface area contributed by atoms with Crippen LogP contribution in [0.15, 0.2) is 11.0 Å². The number of hydrogen-bond donors (Lipinski definition) is 1. The summed E-state index contributed by atoms with van der Waals surface area (Å²) < 4.78 is 11.4. The lowest BCUT2D eigenvalue weighted by atomic mass is 9.93. The average Bonchev–Trinajstić information content (AvgIpc) is 2.33. The number of nitrogens with zero attached hydrogens (tertiary/aromatic N) is 1. The van der Waals surface area contributed by atoms with Crippen LogP contribution in [0, 0.1) is 3.57 Å². The van der Waals surface area contributed by atoms with E-state index in [1.54, 1.807) is 13.3 Å². The first-order chi connectivity index (χ1) is 7.68. The molecule has 0 aromatic carbocycles. The molecule has 5 nitrogen and oxygen atoms in total. The fourth-order valence-electron chi connectivity index (χ4n) is 1.85. The molecule has 16 heavy (non-hydrogen) atoms. The number of methoxy groups -OCH3 is 1. The van der Waals surface area contributed by atoms with Crippen molar-refractivity contribution in [2.75, 3.05) is 20.3 Å². The van der Waals surface area contributed by atoms with Crippen LogP contribution >= 0.6 is 22.6 Å². The van der Waals surface area contributed by atoms with Crippen molar-refractivity contribution in [3.63, 3.8) is 0 Å². The highest BCUT2D eigenvalue weighted by Gasteiger charge is 2.36. The molecule has 1 saturated heterocycles. The molecule has 1 fully saturated rings. The summed E-state index contributed by atoms with van der Waals surface area (Å²) in [5, 5.41) is 0. The Kier molecular flexibility index (Phi) is 3.60. The van der Waals surface area contributed by atoms with Crippen molar-refractivity contribution >= 4 is 22.6 Å². The molecule has 0 amide bonds. The Bertz CT molecular complexity index is 426. The zero-order valence-electron chi connectivity index (χ0n) is 8.96. The van der Waals surface area contributed by atoms with Crippen LogP contribution in [0.4, 0.5) is 0 Å². The van der Waals surface area contributed by atoms with Crippen LogP contribution in [-0.4, -0.2) is 30.3 Å². The smallest absolute Gasteiger partial charge is 0.264 e. The monoisotopic (exact) mass is 336 g/mol. The highest BCUT2D eigenvalue weighted by molar-refractivity contribution is 14.1. The van der Waals surface area contributed by atoms with E-state index in [2.05, 4.69) is 9.97 Å². The third-order valence-corrected chi connectivity index (χ3v) is 3.65. The van der Waals surface area contributed by atoms with E-state index in [9.17, 15) is 4.79 Å². The number of aromatic nitrogens is 2.